The van der Waals surface area contributed by atoms with Gasteiger partial charge in [0.15, 0.2) is 5.13 Å². The second-order valence-corrected chi connectivity index (χ2v) is 19.6. The summed E-state index contributed by atoms with van der Waals surface area (Å²) in [5, 5.41) is 8.91. The third-order valence-corrected chi connectivity index (χ3v) is 13.6. The molecule has 1 aromatic carbocycles. The lowest BCUT2D eigenvalue weighted by Gasteiger charge is -2.30. The fourth-order valence-electron chi connectivity index (χ4n) is 7.56. The Morgan fingerprint density at radius 3 is 2.56 bits per heavy atom. The van der Waals surface area contributed by atoms with Crippen LogP contribution in [0.3, 0.4) is 0 Å². The van der Waals surface area contributed by atoms with E-state index in [0.717, 1.165) is 29.1 Å². The standard InChI is InChI=1S/C39H51N7O9S2/c1-38(2,3)55-36(50)42-29-15-11-6-4-5-8-12-24-21-39(24,34(49)44-57(52,53)27-16-17-27)43-32(47)30-20-26(22-46(30)33(29)48)54-37(51)45-19-18-28-31(23-45)56-35(41-28)40-25-13-9-7-10-14-25/h7-10,12-14,24,26-27,29-30H,4-6,11,15-23H2,1-3H3,(H,40,41)(H,42,50)(H,43,47)(H,44,49)/t24-,26-,29+,30+,39-/m1/s1. The Labute approximate surface area is 336 Å². The Kier molecular flexibility index (Phi) is 11.6. The lowest BCUT2D eigenvalue weighted by atomic mass is 10.0. The number of thiazole rings is 1. The van der Waals surface area contributed by atoms with Crippen LogP contribution < -0.4 is 20.7 Å². The van der Waals surface area contributed by atoms with E-state index in [9.17, 15) is 32.4 Å². The Morgan fingerprint density at radius 1 is 1.05 bits per heavy atom. The average Bonchev–Trinajstić information content (AvgIpc) is 4.04. The topological polar surface area (TPSA) is 205 Å². The number of amides is 5. The van der Waals surface area contributed by atoms with Crippen molar-refractivity contribution in [1.82, 2.24) is 30.1 Å². The summed E-state index contributed by atoms with van der Waals surface area (Å²) in [7, 11) is -3.91. The Bertz CT molecular complexity index is 2010. The van der Waals surface area contributed by atoms with Gasteiger partial charge in [0.25, 0.3) is 5.91 Å². The average molecular weight is 826 g/mol. The van der Waals surface area contributed by atoms with Crippen LogP contribution >= 0.6 is 11.3 Å². The van der Waals surface area contributed by atoms with Gasteiger partial charge in [-0.05, 0) is 71.4 Å². The van der Waals surface area contributed by atoms with Crippen molar-refractivity contribution in [2.24, 2.45) is 5.92 Å². The van der Waals surface area contributed by atoms with Crippen molar-refractivity contribution in [3.05, 3.63) is 53.1 Å². The first-order chi connectivity index (χ1) is 27.1. The molecule has 3 aliphatic heterocycles. The number of hydrogen-bond donors (Lipinski definition) is 4. The number of hydrogen-bond acceptors (Lipinski definition) is 12. The van der Waals surface area contributed by atoms with Crippen molar-refractivity contribution in [2.75, 3.05) is 18.4 Å². The largest absolute Gasteiger partial charge is 0.444 e. The molecule has 0 radical (unpaired) electrons. The molecule has 2 aliphatic carbocycles. The van der Waals surface area contributed by atoms with E-state index in [2.05, 4.69) is 20.7 Å². The second kappa shape index (κ2) is 16.3. The molecule has 18 heteroatoms. The summed E-state index contributed by atoms with van der Waals surface area (Å²) in [6.07, 6.45) is 6.07. The number of alkyl carbamates (subject to hydrolysis) is 1. The maximum Gasteiger partial charge on any atom is 0.410 e. The van der Waals surface area contributed by atoms with E-state index in [1.54, 1.807) is 25.7 Å². The molecule has 4 N–H and O–H groups in total. The minimum atomic E-state index is -3.91. The molecule has 0 spiro atoms. The van der Waals surface area contributed by atoms with E-state index in [1.165, 1.54) is 16.2 Å². The summed E-state index contributed by atoms with van der Waals surface area (Å²) in [5.41, 5.74) is -0.571. The van der Waals surface area contributed by atoms with Crippen LogP contribution in [0.2, 0.25) is 0 Å². The van der Waals surface area contributed by atoms with Gasteiger partial charge < -0.3 is 35.2 Å². The van der Waals surface area contributed by atoms with Gasteiger partial charge >= 0.3 is 12.2 Å². The molecule has 5 aliphatic rings. The third kappa shape index (κ3) is 9.71. The summed E-state index contributed by atoms with van der Waals surface area (Å²) in [5.74, 6) is -2.52. The number of ether oxygens (including phenoxy) is 2. The molecule has 2 aromatic rings. The molecule has 5 amide bonds. The third-order valence-electron chi connectivity index (χ3n) is 10.8. The van der Waals surface area contributed by atoms with E-state index in [1.807, 2.05) is 42.5 Å². The first-order valence-electron chi connectivity index (χ1n) is 19.7. The molecule has 3 fully saturated rings. The van der Waals surface area contributed by atoms with Gasteiger partial charge in [-0.2, -0.15) is 0 Å². The Balaban J connectivity index is 1.10. The lowest BCUT2D eigenvalue weighted by Crippen LogP contribution is -2.58. The van der Waals surface area contributed by atoms with E-state index in [0.29, 0.717) is 43.8 Å². The maximum absolute atomic E-state index is 14.4. The highest BCUT2D eigenvalue weighted by Crippen LogP contribution is 2.46. The van der Waals surface area contributed by atoms with Gasteiger partial charge in [-0.25, -0.2) is 23.0 Å². The van der Waals surface area contributed by atoms with Gasteiger partial charge in [0.2, 0.25) is 21.8 Å². The number of rotatable bonds is 7. The summed E-state index contributed by atoms with van der Waals surface area (Å²) in [6.45, 7) is 5.63. The number of carbonyl (C=O) groups excluding carboxylic acids is 5. The first kappa shape index (κ1) is 40.5. The van der Waals surface area contributed by atoms with Crippen molar-refractivity contribution >= 4 is 62.1 Å². The smallest absolute Gasteiger partial charge is 0.410 e. The molecule has 0 bridgehead atoms. The maximum atomic E-state index is 14.4. The number of sulfonamides is 1. The molecule has 0 unspecified atom stereocenters. The molecular formula is C39H51N7O9S2. The van der Waals surface area contributed by atoms with Crippen LogP contribution in [0.4, 0.5) is 20.4 Å². The number of para-hydroxylation sites is 1. The van der Waals surface area contributed by atoms with Crippen LogP contribution in [-0.2, 0) is 46.8 Å². The fraction of sp³-hybridized carbons (Fsp3) is 0.590. The van der Waals surface area contributed by atoms with E-state index >= 15 is 0 Å². The molecule has 7 rings (SSSR count). The molecule has 2 saturated carbocycles. The van der Waals surface area contributed by atoms with Gasteiger partial charge in [0.1, 0.15) is 29.3 Å². The molecule has 1 aromatic heterocycles. The predicted molar refractivity (Wildman–Crippen MR) is 211 cm³/mol. The van der Waals surface area contributed by atoms with E-state index < -0.39 is 80.4 Å². The highest BCUT2D eigenvalue weighted by Gasteiger charge is 2.62. The van der Waals surface area contributed by atoms with Gasteiger partial charge in [0.05, 0.1) is 24.0 Å². The second-order valence-electron chi connectivity index (χ2n) is 16.5. The van der Waals surface area contributed by atoms with Crippen molar-refractivity contribution in [1.29, 1.82) is 0 Å². The summed E-state index contributed by atoms with van der Waals surface area (Å²) in [4.78, 5) is 77.6. The highest BCUT2D eigenvalue weighted by molar-refractivity contribution is 7.91. The SMILES string of the molecule is CC(C)(C)OC(=O)N[C@H]1CCCCCC=C[C@@H]2C[C@@]2(C(=O)NS(=O)(=O)C2CC2)NC(=O)[C@@H]2C[C@@H](OC(=O)N3CCc4nc(Nc5ccccc5)sc4C3)CN2C1=O. The summed E-state index contributed by atoms with van der Waals surface area (Å²) in [6, 6.07) is 7.41. The number of aromatic nitrogens is 1. The summed E-state index contributed by atoms with van der Waals surface area (Å²) < 4.78 is 39.3. The predicted octanol–water partition coefficient (Wildman–Crippen LogP) is 4.25. The molecule has 4 heterocycles. The minimum absolute atomic E-state index is 0.0775. The number of carbonyl (C=O) groups is 5. The number of nitrogens with zero attached hydrogens (tertiary/aromatic N) is 3. The lowest BCUT2D eigenvalue weighted by molar-refractivity contribution is -0.141. The minimum Gasteiger partial charge on any atom is -0.444 e. The van der Waals surface area contributed by atoms with Crippen molar-refractivity contribution in [3.8, 4) is 0 Å². The zero-order chi connectivity index (χ0) is 40.5. The number of allylic oxidation sites excluding steroid dienone is 1. The first-order valence-corrected chi connectivity index (χ1v) is 22.1. The van der Waals surface area contributed by atoms with Crippen LogP contribution in [0, 0.1) is 5.92 Å². The molecular weight excluding hydrogens is 775 g/mol. The van der Waals surface area contributed by atoms with Crippen LogP contribution in [0.5, 0.6) is 0 Å². The van der Waals surface area contributed by atoms with Crippen molar-refractivity contribution in [2.45, 2.75) is 126 Å². The van der Waals surface area contributed by atoms with Crippen LogP contribution in [0.1, 0.15) is 89.1 Å². The van der Waals surface area contributed by atoms with Gasteiger partial charge in [0, 0.05) is 35.9 Å². The molecule has 16 nitrogen and oxygen atoms in total. The van der Waals surface area contributed by atoms with Crippen LogP contribution in [0.25, 0.3) is 0 Å². The molecule has 57 heavy (non-hydrogen) atoms. The normalized spacial score (nSPS) is 26.7. The molecule has 5 atom stereocenters. The number of anilines is 2. The Hall–Kier alpha value is -4.71. The zero-order valence-electron chi connectivity index (χ0n) is 32.5. The Morgan fingerprint density at radius 2 is 1.82 bits per heavy atom. The number of nitrogens with one attached hydrogen (secondary N) is 4. The van der Waals surface area contributed by atoms with Gasteiger partial charge in [-0.15, -0.1) is 0 Å². The van der Waals surface area contributed by atoms with Gasteiger partial charge in [-0.3, -0.25) is 19.1 Å². The number of benzene rings is 1. The van der Waals surface area contributed by atoms with Crippen molar-refractivity contribution in [3.63, 3.8) is 0 Å². The van der Waals surface area contributed by atoms with Crippen LogP contribution in [-0.4, -0.2) is 101 Å². The fourth-order valence-corrected chi connectivity index (χ4v) is 9.97. The quantitative estimate of drug-likeness (QED) is 0.291. The number of fused-ring (bicyclic) bond motifs is 3. The monoisotopic (exact) mass is 825 g/mol. The molecule has 1 saturated heterocycles. The van der Waals surface area contributed by atoms with Gasteiger partial charge in [-0.1, -0.05) is 54.5 Å². The molecule has 308 valence electrons. The summed E-state index contributed by atoms with van der Waals surface area (Å²) >= 11 is 1.45. The van der Waals surface area contributed by atoms with E-state index in [4.69, 9.17) is 14.5 Å². The van der Waals surface area contributed by atoms with Crippen molar-refractivity contribution < 1.29 is 41.9 Å². The zero-order valence-corrected chi connectivity index (χ0v) is 34.1. The highest BCUT2D eigenvalue weighted by atomic mass is 32.2. The van der Waals surface area contributed by atoms with Crippen LogP contribution in [0.15, 0.2) is 42.5 Å². The van der Waals surface area contributed by atoms with E-state index in [-0.39, 0.29) is 32.4 Å².